The van der Waals surface area contributed by atoms with Crippen LogP contribution in [0.4, 0.5) is 0 Å². The number of imide groups is 1. The van der Waals surface area contributed by atoms with Crippen molar-refractivity contribution in [3.63, 3.8) is 0 Å². The molecular formula is C20H26N2O5. The number of amides is 2. The minimum absolute atomic E-state index is 0.215. The predicted molar refractivity (Wildman–Crippen MR) is 97.9 cm³/mol. The highest BCUT2D eigenvalue weighted by atomic mass is 16.5. The van der Waals surface area contributed by atoms with Gasteiger partial charge in [0.1, 0.15) is 11.3 Å². The maximum Gasteiger partial charge on any atom is 0.327 e. The van der Waals surface area contributed by atoms with Crippen molar-refractivity contribution in [3.05, 3.63) is 29.8 Å². The van der Waals surface area contributed by atoms with Crippen molar-refractivity contribution in [2.75, 3.05) is 20.3 Å². The summed E-state index contributed by atoms with van der Waals surface area (Å²) in [7, 11) is 1.58. The predicted octanol–water partition coefficient (Wildman–Crippen LogP) is 1.67. The van der Waals surface area contributed by atoms with Crippen LogP contribution in [-0.4, -0.2) is 48.5 Å². The normalized spacial score (nSPS) is 29.8. The van der Waals surface area contributed by atoms with E-state index in [0.717, 1.165) is 5.56 Å². The summed E-state index contributed by atoms with van der Waals surface area (Å²) in [4.78, 5) is 40.2. The first kappa shape index (κ1) is 19.4. The number of carbonyl (C=O) groups excluding carboxylic acids is 3. The Morgan fingerprint density at radius 1 is 1.15 bits per heavy atom. The average molecular weight is 374 g/mol. The van der Waals surface area contributed by atoms with Gasteiger partial charge in [0.15, 0.2) is 0 Å². The van der Waals surface area contributed by atoms with E-state index in [9.17, 15) is 14.4 Å². The standard InChI is InChI=1S/C20H26N2O5/c1-5-20(19(25)27-7-3)15-14(17(23)22(6-2)18(15)24)16(21-20)12-8-10-13(26-4)11-9-12/h8-11,14-16,21H,5-7H2,1-4H3/t14-,15+,16-,20+/m0/s1. The van der Waals surface area contributed by atoms with Crippen LogP contribution in [-0.2, 0) is 19.1 Å². The summed E-state index contributed by atoms with van der Waals surface area (Å²) in [6, 6.07) is 6.88. The van der Waals surface area contributed by atoms with Gasteiger partial charge in [0.25, 0.3) is 0 Å². The van der Waals surface area contributed by atoms with Gasteiger partial charge in [-0.2, -0.15) is 0 Å². The molecule has 1 aromatic carbocycles. The Bertz CT molecular complexity index is 747. The number of rotatable bonds is 6. The SMILES string of the molecule is CCOC(=O)[C@]1(CC)N[C@@H](c2ccc(OC)cc2)[C@H]2C(=O)N(CC)C(=O)[C@@H]21. The summed E-state index contributed by atoms with van der Waals surface area (Å²) in [5, 5.41) is 3.32. The maximum atomic E-state index is 13.0. The fourth-order valence-electron chi connectivity index (χ4n) is 4.39. The van der Waals surface area contributed by atoms with E-state index in [-0.39, 0.29) is 18.4 Å². The zero-order valence-corrected chi connectivity index (χ0v) is 16.2. The van der Waals surface area contributed by atoms with Crippen molar-refractivity contribution in [1.82, 2.24) is 10.2 Å². The fraction of sp³-hybridized carbons (Fsp3) is 0.550. The maximum absolute atomic E-state index is 13.0. The molecule has 3 rings (SSSR count). The highest BCUT2D eigenvalue weighted by Gasteiger charge is 2.67. The number of methoxy groups -OCH3 is 1. The molecule has 0 bridgehead atoms. The zero-order chi connectivity index (χ0) is 19.8. The molecule has 7 nitrogen and oxygen atoms in total. The molecule has 2 saturated heterocycles. The van der Waals surface area contributed by atoms with Crippen molar-refractivity contribution < 1.29 is 23.9 Å². The van der Waals surface area contributed by atoms with Crippen LogP contribution < -0.4 is 10.1 Å². The molecule has 2 aliphatic heterocycles. The third-order valence-electron chi connectivity index (χ3n) is 5.73. The highest BCUT2D eigenvalue weighted by Crippen LogP contribution is 2.50. The second-order valence-corrected chi connectivity index (χ2v) is 6.86. The number of carbonyl (C=O) groups is 3. The molecule has 27 heavy (non-hydrogen) atoms. The molecule has 0 saturated carbocycles. The van der Waals surface area contributed by atoms with Crippen molar-refractivity contribution >= 4 is 17.8 Å². The van der Waals surface area contributed by atoms with E-state index in [1.54, 1.807) is 33.1 Å². The van der Waals surface area contributed by atoms with Gasteiger partial charge >= 0.3 is 5.97 Å². The minimum atomic E-state index is -1.21. The van der Waals surface area contributed by atoms with Crippen LogP contribution >= 0.6 is 0 Å². The summed E-state index contributed by atoms with van der Waals surface area (Å²) < 4.78 is 10.5. The molecule has 2 fully saturated rings. The first-order chi connectivity index (χ1) is 12.9. The first-order valence-electron chi connectivity index (χ1n) is 9.39. The lowest BCUT2D eigenvalue weighted by Gasteiger charge is -2.31. The molecule has 4 atom stereocenters. The van der Waals surface area contributed by atoms with E-state index in [1.165, 1.54) is 4.90 Å². The number of hydrogen-bond donors (Lipinski definition) is 1. The Kier molecular flexibility index (Phi) is 5.24. The molecule has 0 aromatic heterocycles. The van der Waals surface area contributed by atoms with Gasteiger partial charge in [-0.05, 0) is 38.0 Å². The van der Waals surface area contributed by atoms with Crippen LogP contribution in [0.3, 0.4) is 0 Å². The average Bonchev–Trinajstić information content (AvgIpc) is 3.16. The Hall–Kier alpha value is -2.41. The second-order valence-electron chi connectivity index (χ2n) is 6.86. The van der Waals surface area contributed by atoms with Gasteiger partial charge < -0.3 is 9.47 Å². The van der Waals surface area contributed by atoms with E-state index in [4.69, 9.17) is 9.47 Å². The quantitative estimate of drug-likeness (QED) is 0.602. The summed E-state index contributed by atoms with van der Waals surface area (Å²) in [6.07, 6.45) is 0.357. The zero-order valence-electron chi connectivity index (χ0n) is 16.2. The number of hydrogen-bond acceptors (Lipinski definition) is 6. The van der Waals surface area contributed by atoms with E-state index in [2.05, 4.69) is 5.32 Å². The number of fused-ring (bicyclic) bond motifs is 1. The third-order valence-corrected chi connectivity index (χ3v) is 5.73. The second kappa shape index (κ2) is 7.31. The lowest BCUT2D eigenvalue weighted by molar-refractivity contribution is -0.156. The van der Waals surface area contributed by atoms with Crippen molar-refractivity contribution in [1.29, 1.82) is 0 Å². The van der Waals surface area contributed by atoms with Gasteiger partial charge in [0, 0.05) is 12.6 Å². The highest BCUT2D eigenvalue weighted by molar-refractivity contribution is 6.09. The molecule has 2 amide bonds. The number of likely N-dealkylation sites (tertiary alicyclic amines) is 1. The van der Waals surface area contributed by atoms with Crippen molar-refractivity contribution in [2.24, 2.45) is 11.8 Å². The molecule has 0 spiro atoms. The molecule has 2 aliphatic rings. The number of benzene rings is 1. The van der Waals surface area contributed by atoms with Crippen LogP contribution in [0.5, 0.6) is 5.75 Å². The van der Waals surface area contributed by atoms with E-state index in [1.807, 2.05) is 19.1 Å². The van der Waals surface area contributed by atoms with Crippen LogP contribution in [0, 0.1) is 11.8 Å². The monoisotopic (exact) mass is 374 g/mol. The van der Waals surface area contributed by atoms with Crippen LogP contribution in [0.15, 0.2) is 24.3 Å². The number of esters is 1. The van der Waals surface area contributed by atoms with Gasteiger partial charge in [-0.15, -0.1) is 0 Å². The lowest BCUT2D eigenvalue weighted by atomic mass is 9.78. The minimum Gasteiger partial charge on any atom is -0.497 e. The Labute approximate surface area is 159 Å². The summed E-state index contributed by atoms with van der Waals surface area (Å²) in [5.74, 6) is -1.70. The smallest absolute Gasteiger partial charge is 0.327 e. The number of nitrogens with zero attached hydrogens (tertiary/aromatic N) is 1. The molecule has 0 radical (unpaired) electrons. The van der Waals surface area contributed by atoms with Gasteiger partial charge in [0.05, 0.1) is 25.6 Å². The fourth-order valence-corrected chi connectivity index (χ4v) is 4.39. The van der Waals surface area contributed by atoms with Gasteiger partial charge in [-0.25, -0.2) is 0 Å². The van der Waals surface area contributed by atoms with Gasteiger partial charge in [-0.3, -0.25) is 24.6 Å². The largest absolute Gasteiger partial charge is 0.497 e. The Balaban J connectivity index is 2.09. The topological polar surface area (TPSA) is 84.9 Å². The van der Waals surface area contributed by atoms with Crippen LogP contribution in [0.2, 0.25) is 0 Å². The van der Waals surface area contributed by atoms with E-state index >= 15 is 0 Å². The van der Waals surface area contributed by atoms with Crippen LogP contribution in [0.25, 0.3) is 0 Å². The first-order valence-corrected chi connectivity index (χ1v) is 9.39. The molecule has 1 N–H and O–H groups in total. The summed E-state index contributed by atoms with van der Waals surface area (Å²) in [6.45, 7) is 5.85. The molecular weight excluding hydrogens is 348 g/mol. The lowest BCUT2D eigenvalue weighted by Crippen LogP contribution is -2.56. The van der Waals surface area contributed by atoms with Crippen LogP contribution in [0.1, 0.15) is 38.8 Å². The number of nitrogens with one attached hydrogen (secondary N) is 1. The number of ether oxygens (including phenoxy) is 2. The Morgan fingerprint density at radius 2 is 1.81 bits per heavy atom. The van der Waals surface area contributed by atoms with Crippen molar-refractivity contribution in [2.45, 2.75) is 38.8 Å². The third kappa shape index (κ3) is 2.81. The molecule has 7 heteroatoms. The summed E-state index contributed by atoms with van der Waals surface area (Å²) in [5.41, 5.74) is -0.369. The summed E-state index contributed by atoms with van der Waals surface area (Å²) >= 11 is 0. The molecule has 1 aromatic rings. The van der Waals surface area contributed by atoms with E-state index < -0.39 is 29.4 Å². The van der Waals surface area contributed by atoms with Gasteiger partial charge in [0.2, 0.25) is 11.8 Å². The molecule has 0 aliphatic carbocycles. The molecule has 0 unspecified atom stereocenters. The van der Waals surface area contributed by atoms with E-state index in [0.29, 0.717) is 18.7 Å². The van der Waals surface area contributed by atoms with Crippen molar-refractivity contribution in [3.8, 4) is 5.75 Å². The Morgan fingerprint density at radius 3 is 2.33 bits per heavy atom. The molecule has 2 heterocycles. The van der Waals surface area contributed by atoms with Gasteiger partial charge in [-0.1, -0.05) is 19.1 Å². The molecule has 146 valence electrons.